The van der Waals surface area contributed by atoms with Gasteiger partial charge in [-0.3, -0.25) is 19.2 Å². The quantitative estimate of drug-likeness (QED) is 0.0951. The van der Waals surface area contributed by atoms with E-state index in [2.05, 4.69) is 10.6 Å². The van der Waals surface area contributed by atoms with E-state index in [-0.39, 0.29) is 23.3 Å². The molecule has 14 heteroatoms. The van der Waals surface area contributed by atoms with E-state index in [9.17, 15) is 14.4 Å². The molecule has 58 heavy (non-hydrogen) atoms. The molecule has 306 valence electrons. The number of anilines is 2. The fraction of sp³-hybridized carbons (Fsp3) is 0.364. The first-order valence-corrected chi connectivity index (χ1v) is 20.9. The minimum absolute atomic E-state index is 0.106. The molecule has 4 aromatic rings. The van der Waals surface area contributed by atoms with Crippen molar-refractivity contribution in [2.75, 3.05) is 23.8 Å². The van der Waals surface area contributed by atoms with Crippen LogP contribution in [0, 0.1) is 25.7 Å². The van der Waals surface area contributed by atoms with E-state index in [1.807, 2.05) is 76.2 Å². The van der Waals surface area contributed by atoms with E-state index in [1.165, 1.54) is 12.1 Å². The van der Waals surface area contributed by atoms with E-state index >= 15 is 4.79 Å². The highest BCUT2D eigenvalue weighted by atomic mass is 35.5. The van der Waals surface area contributed by atoms with Crippen molar-refractivity contribution in [1.82, 2.24) is 10.0 Å². The van der Waals surface area contributed by atoms with Crippen molar-refractivity contribution in [2.45, 2.75) is 77.5 Å². The number of benzene rings is 4. The molecule has 0 radical (unpaired) electrons. The van der Waals surface area contributed by atoms with Crippen molar-refractivity contribution < 1.29 is 28.7 Å². The molecule has 0 unspecified atom stereocenters. The van der Waals surface area contributed by atoms with Crippen LogP contribution in [0.1, 0.15) is 73.9 Å². The maximum atomic E-state index is 15.1. The van der Waals surface area contributed by atoms with Crippen LogP contribution in [0.4, 0.5) is 11.4 Å². The van der Waals surface area contributed by atoms with Crippen LogP contribution in [0.3, 0.4) is 0 Å². The van der Waals surface area contributed by atoms with Gasteiger partial charge >= 0.3 is 11.9 Å². The first-order valence-electron chi connectivity index (χ1n) is 19.4. The Balaban J connectivity index is 1.60. The second-order valence-electron chi connectivity index (χ2n) is 14.7. The third-order valence-corrected chi connectivity index (χ3v) is 12.0. The van der Waals surface area contributed by atoms with Gasteiger partial charge in [-0.25, -0.2) is 10.0 Å². The number of nitrogens with one attached hydrogen (secondary N) is 2. The zero-order chi connectivity index (χ0) is 41.7. The van der Waals surface area contributed by atoms with E-state index in [0.29, 0.717) is 45.4 Å². The van der Waals surface area contributed by atoms with Gasteiger partial charge < -0.3 is 20.1 Å². The van der Waals surface area contributed by atoms with Gasteiger partial charge in [0.2, 0.25) is 11.8 Å². The van der Waals surface area contributed by atoms with Crippen LogP contribution in [0.5, 0.6) is 0 Å². The Morgan fingerprint density at radius 1 is 0.552 bits per heavy atom. The first kappa shape index (κ1) is 43.4. The van der Waals surface area contributed by atoms with E-state index in [1.54, 1.807) is 34.3 Å². The molecule has 2 aliphatic rings. The van der Waals surface area contributed by atoms with Crippen LogP contribution in [0.15, 0.2) is 84.9 Å². The summed E-state index contributed by atoms with van der Waals surface area (Å²) in [5.74, 6) is -4.79. The van der Waals surface area contributed by atoms with Crippen molar-refractivity contribution in [2.24, 2.45) is 11.8 Å². The molecule has 0 aliphatic carbocycles. The number of hydrogen-bond acceptors (Lipinski definition) is 8. The van der Waals surface area contributed by atoms with Gasteiger partial charge in [-0.05, 0) is 74.2 Å². The lowest BCUT2D eigenvalue weighted by Gasteiger charge is -2.33. The molecule has 0 spiro atoms. The number of aryl methyl sites for hydroxylation is 2. The van der Waals surface area contributed by atoms with Crippen LogP contribution >= 0.6 is 46.4 Å². The average Bonchev–Trinajstić information content (AvgIpc) is 3.72. The van der Waals surface area contributed by atoms with Crippen LogP contribution < -0.4 is 10.6 Å². The fourth-order valence-electron chi connectivity index (χ4n) is 7.66. The number of unbranched alkanes of at least 4 members (excludes halogenated alkanes) is 2. The molecule has 0 aromatic heterocycles. The van der Waals surface area contributed by atoms with Crippen molar-refractivity contribution in [3.63, 3.8) is 0 Å². The fourth-order valence-corrected chi connectivity index (χ4v) is 8.26. The molecule has 10 nitrogen and oxygen atoms in total. The minimum Gasteiger partial charge on any atom is -0.465 e. The van der Waals surface area contributed by atoms with E-state index < -0.39 is 59.8 Å². The van der Waals surface area contributed by atoms with Gasteiger partial charge in [0.1, 0.15) is 18.0 Å². The molecule has 2 N–H and O–H groups in total. The molecule has 2 amide bonds. The predicted molar refractivity (Wildman–Crippen MR) is 228 cm³/mol. The number of amides is 2. The number of hydrazine groups is 1. The largest absolute Gasteiger partial charge is 0.465 e. The summed E-state index contributed by atoms with van der Waals surface area (Å²) in [7, 11) is 0. The third-order valence-electron chi connectivity index (χ3n) is 10.5. The summed E-state index contributed by atoms with van der Waals surface area (Å²) in [6, 6.07) is 19.9. The van der Waals surface area contributed by atoms with Crippen LogP contribution in [-0.4, -0.2) is 59.1 Å². The molecule has 6 rings (SSSR count). The molecule has 2 fully saturated rings. The molecule has 2 heterocycles. The summed E-state index contributed by atoms with van der Waals surface area (Å²) < 4.78 is 11.9. The third kappa shape index (κ3) is 9.33. The van der Waals surface area contributed by atoms with E-state index in [0.717, 1.165) is 24.0 Å². The Hall–Kier alpha value is -4.16. The van der Waals surface area contributed by atoms with Gasteiger partial charge in [0, 0.05) is 11.4 Å². The number of esters is 2. The molecule has 0 bridgehead atoms. The molecule has 0 saturated carbocycles. The summed E-state index contributed by atoms with van der Waals surface area (Å²) in [5, 5.41) is 10.4. The number of carbonyl (C=O) groups excluding carboxylic acids is 4. The number of nitrogens with zero attached hydrogens (tertiary/aromatic N) is 2. The maximum absolute atomic E-state index is 15.1. The van der Waals surface area contributed by atoms with Gasteiger partial charge in [0.15, 0.2) is 0 Å². The summed E-state index contributed by atoms with van der Waals surface area (Å²) in [4.78, 5) is 59.5. The zero-order valence-electron chi connectivity index (χ0n) is 32.6. The Kier molecular flexibility index (Phi) is 14.4. The standard InChI is InChI=1S/C44H46Cl4N4O6/c1-5-7-21-57-43(55)36-38(28-15-11-26(4)12-16-28)52-40(44(56)58-22-8-6-2)35(41(53)49-29-17-19-31(45)33(47)23-29)37(27-13-9-25(3)10-14-27)51(52)39(36)42(54)50-30-18-20-32(46)34(48)24-30/h9-20,23-24,35-40H,5-8,21-22H2,1-4H3,(H,49,53)(H,50,54)/t35-,36-,37+,38-,39+,40-/m0/s1. The molecule has 2 saturated heterocycles. The Morgan fingerprint density at radius 3 is 1.45 bits per heavy atom. The Bertz CT molecular complexity index is 2140. The number of hydrogen-bond donors (Lipinski definition) is 2. The molecular weight excluding hydrogens is 822 g/mol. The lowest BCUT2D eigenvalue weighted by Crippen LogP contribution is -2.48. The van der Waals surface area contributed by atoms with Crippen molar-refractivity contribution in [3.8, 4) is 0 Å². The van der Waals surface area contributed by atoms with Gasteiger partial charge in [-0.2, -0.15) is 0 Å². The Labute approximate surface area is 359 Å². The van der Waals surface area contributed by atoms with Gasteiger partial charge in [-0.1, -0.05) is 133 Å². The van der Waals surface area contributed by atoms with Gasteiger partial charge in [-0.15, -0.1) is 0 Å². The second-order valence-corrected chi connectivity index (χ2v) is 16.3. The number of halogens is 4. The highest BCUT2D eigenvalue weighted by Crippen LogP contribution is 2.56. The predicted octanol–water partition coefficient (Wildman–Crippen LogP) is 10.2. The highest BCUT2D eigenvalue weighted by molar-refractivity contribution is 6.42. The number of carbonyl (C=O) groups is 4. The smallest absolute Gasteiger partial charge is 0.325 e. The van der Waals surface area contributed by atoms with Crippen LogP contribution in [0.25, 0.3) is 0 Å². The summed E-state index contributed by atoms with van der Waals surface area (Å²) in [6.07, 6.45) is 2.73. The number of ether oxygens (including phenoxy) is 2. The second kappa shape index (κ2) is 19.3. The van der Waals surface area contributed by atoms with Crippen LogP contribution in [-0.2, 0) is 28.7 Å². The minimum atomic E-state index is -1.31. The molecule has 4 aromatic carbocycles. The normalized spacial score (nSPS) is 21.7. The maximum Gasteiger partial charge on any atom is 0.325 e. The molecular formula is C44H46Cl4N4O6. The van der Waals surface area contributed by atoms with E-state index in [4.69, 9.17) is 55.9 Å². The number of rotatable bonds is 14. The molecule has 6 atom stereocenters. The van der Waals surface area contributed by atoms with Crippen LogP contribution in [0.2, 0.25) is 20.1 Å². The highest BCUT2D eigenvalue weighted by Gasteiger charge is 2.68. The number of fused-ring (bicyclic) bond motifs is 1. The zero-order valence-corrected chi connectivity index (χ0v) is 35.7. The van der Waals surface area contributed by atoms with Crippen molar-refractivity contribution >= 4 is 81.5 Å². The van der Waals surface area contributed by atoms with Gasteiger partial charge in [0.05, 0.1) is 51.3 Å². The first-order chi connectivity index (χ1) is 27.8. The monoisotopic (exact) mass is 866 g/mol. The lowest BCUT2D eigenvalue weighted by molar-refractivity contribution is -0.158. The van der Waals surface area contributed by atoms with Crippen molar-refractivity contribution in [1.29, 1.82) is 0 Å². The Morgan fingerprint density at radius 2 is 0.983 bits per heavy atom. The lowest BCUT2D eigenvalue weighted by atomic mass is 9.81. The topological polar surface area (TPSA) is 117 Å². The SMILES string of the molecule is CCCCOC(=O)[C@@H]1[C@H](C(=O)Nc2ccc(Cl)c(Cl)c2)N2[C@H](c3ccc(C)cc3)[C@H](C(=O)Nc3ccc(Cl)c(Cl)c3)[C@@H](C(=O)OCCCC)N2[C@H]1c1ccc(C)cc1. The van der Waals surface area contributed by atoms with Crippen molar-refractivity contribution in [3.05, 3.63) is 127 Å². The summed E-state index contributed by atoms with van der Waals surface area (Å²) in [5.41, 5.74) is 3.86. The average molecular weight is 869 g/mol. The summed E-state index contributed by atoms with van der Waals surface area (Å²) in [6.45, 7) is 8.08. The van der Waals surface area contributed by atoms with Gasteiger partial charge in [0.25, 0.3) is 0 Å². The summed E-state index contributed by atoms with van der Waals surface area (Å²) >= 11 is 25.2. The molecule has 2 aliphatic heterocycles.